The van der Waals surface area contributed by atoms with Gasteiger partial charge in [-0.15, -0.1) is 0 Å². The van der Waals surface area contributed by atoms with E-state index < -0.39 is 5.97 Å². The first-order valence-corrected chi connectivity index (χ1v) is 6.45. The fourth-order valence-corrected chi connectivity index (χ4v) is 2.56. The maximum atomic E-state index is 13.3. The Bertz CT molecular complexity index is 681. The summed E-state index contributed by atoms with van der Waals surface area (Å²) in [4.78, 5) is 11.3. The van der Waals surface area contributed by atoms with E-state index >= 15 is 0 Å². The van der Waals surface area contributed by atoms with Crippen molar-refractivity contribution in [2.24, 2.45) is 0 Å². The standard InChI is InChI=1S/C14H14FN3O2/c1-2-10-12(14(19)20)13-16-11(7-18(13)17-10)8-4-3-5-9(15)6-8/h3-6,11,16H,2,7H2,1H3,(H,19,20)/t11-/m0/s1. The van der Waals surface area contributed by atoms with E-state index in [9.17, 15) is 14.3 Å². The van der Waals surface area contributed by atoms with E-state index in [-0.39, 0.29) is 17.4 Å². The molecule has 6 heteroatoms. The van der Waals surface area contributed by atoms with Gasteiger partial charge in [0.1, 0.15) is 17.2 Å². The van der Waals surface area contributed by atoms with Gasteiger partial charge in [-0.2, -0.15) is 5.10 Å². The number of aromatic nitrogens is 2. The Morgan fingerprint density at radius 3 is 3.05 bits per heavy atom. The zero-order valence-electron chi connectivity index (χ0n) is 10.9. The van der Waals surface area contributed by atoms with Gasteiger partial charge in [-0.05, 0) is 24.1 Å². The lowest BCUT2D eigenvalue weighted by Gasteiger charge is -2.11. The van der Waals surface area contributed by atoms with Crippen LogP contribution in [-0.2, 0) is 13.0 Å². The van der Waals surface area contributed by atoms with Crippen molar-refractivity contribution < 1.29 is 14.3 Å². The van der Waals surface area contributed by atoms with Gasteiger partial charge >= 0.3 is 5.97 Å². The van der Waals surface area contributed by atoms with Gasteiger partial charge in [-0.1, -0.05) is 19.1 Å². The minimum Gasteiger partial charge on any atom is -0.477 e. The molecule has 1 aliphatic rings. The highest BCUT2D eigenvalue weighted by Crippen LogP contribution is 2.33. The number of carbonyl (C=O) groups is 1. The number of benzene rings is 1. The van der Waals surface area contributed by atoms with Gasteiger partial charge in [0.2, 0.25) is 0 Å². The van der Waals surface area contributed by atoms with E-state index in [1.807, 2.05) is 13.0 Å². The number of anilines is 1. The zero-order chi connectivity index (χ0) is 14.3. The van der Waals surface area contributed by atoms with Crippen molar-refractivity contribution >= 4 is 11.8 Å². The summed E-state index contributed by atoms with van der Waals surface area (Å²) in [7, 11) is 0. The normalized spacial score (nSPS) is 16.8. The quantitative estimate of drug-likeness (QED) is 0.903. The lowest BCUT2D eigenvalue weighted by molar-refractivity contribution is 0.0697. The van der Waals surface area contributed by atoms with Crippen LogP contribution in [0.5, 0.6) is 0 Å². The van der Waals surface area contributed by atoms with Gasteiger partial charge in [0.05, 0.1) is 18.3 Å². The Morgan fingerprint density at radius 2 is 2.40 bits per heavy atom. The minimum atomic E-state index is -0.990. The number of carboxylic acid groups (broad SMARTS) is 1. The van der Waals surface area contributed by atoms with Crippen LogP contribution in [0.1, 0.15) is 34.6 Å². The summed E-state index contributed by atoms with van der Waals surface area (Å²) in [6.07, 6.45) is 0.563. The van der Waals surface area contributed by atoms with Crippen molar-refractivity contribution in [3.8, 4) is 0 Å². The van der Waals surface area contributed by atoms with Gasteiger partial charge in [0.25, 0.3) is 0 Å². The average Bonchev–Trinajstić information content (AvgIpc) is 2.94. The molecule has 1 aromatic heterocycles. The van der Waals surface area contributed by atoms with E-state index in [0.29, 0.717) is 24.5 Å². The van der Waals surface area contributed by atoms with E-state index in [1.165, 1.54) is 12.1 Å². The molecule has 5 nitrogen and oxygen atoms in total. The summed E-state index contributed by atoms with van der Waals surface area (Å²) in [5.74, 6) is -0.791. The molecule has 0 saturated heterocycles. The topological polar surface area (TPSA) is 67.2 Å². The molecule has 0 amide bonds. The molecule has 104 valence electrons. The van der Waals surface area contributed by atoms with Crippen LogP contribution in [0.15, 0.2) is 24.3 Å². The van der Waals surface area contributed by atoms with Crippen LogP contribution in [0.25, 0.3) is 0 Å². The maximum Gasteiger partial charge on any atom is 0.341 e. The van der Waals surface area contributed by atoms with E-state index in [0.717, 1.165) is 5.56 Å². The third-order valence-corrected chi connectivity index (χ3v) is 3.49. The first kappa shape index (κ1) is 12.7. The van der Waals surface area contributed by atoms with Crippen molar-refractivity contribution in [3.63, 3.8) is 0 Å². The van der Waals surface area contributed by atoms with Crippen LogP contribution in [-0.4, -0.2) is 20.9 Å². The predicted molar refractivity (Wildman–Crippen MR) is 71.3 cm³/mol. The lowest BCUT2D eigenvalue weighted by atomic mass is 10.1. The number of rotatable bonds is 3. The summed E-state index contributed by atoms with van der Waals surface area (Å²) < 4.78 is 14.9. The number of nitrogens with one attached hydrogen (secondary N) is 1. The van der Waals surface area contributed by atoms with Crippen molar-refractivity contribution in [3.05, 3.63) is 46.9 Å². The van der Waals surface area contributed by atoms with Gasteiger partial charge in [0, 0.05) is 0 Å². The van der Waals surface area contributed by atoms with Crippen LogP contribution in [0.3, 0.4) is 0 Å². The molecular formula is C14H14FN3O2. The minimum absolute atomic E-state index is 0.155. The van der Waals surface area contributed by atoms with Crippen molar-refractivity contribution in [1.82, 2.24) is 9.78 Å². The highest BCUT2D eigenvalue weighted by atomic mass is 19.1. The van der Waals surface area contributed by atoms with E-state index in [4.69, 9.17) is 0 Å². The molecule has 0 saturated carbocycles. The summed E-state index contributed by atoms with van der Waals surface area (Å²) in [6, 6.07) is 6.13. The second-order valence-corrected chi connectivity index (χ2v) is 4.76. The summed E-state index contributed by atoms with van der Waals surface area (Å²) in [5.41, 5.74) is 1.56. The molecule has 3 rings (SSSR count). The van der Waals surface area contributed by atoms with Gasteiger partial charge in [-0.25, -0.2) is 13.9 Å². The molecule has 2 heterocycles. The highest BCUT2D eigenvalue weighted by Gasteiger charge is 2.30. The molecule has 0 aliphatic carbocycles. The van der Waals surface area contributed by atoms with Crippen molar-refractivity contribution in [2.45, 2.75) is 25.9 Å². The Labute approximate surface area is 115 Å². The molecule has 0 unspecified atom stereocenters. The molecular weight excluding hydrogens is 261 g/mol. The number of nitrogens with zero attached hydrogens (tertiary/aromatic N) is 2. The predicted octanol–water partition coefficient (Wildman–Crippen LogP) is 2.45. The number of aryl methyl sites for hydroxylation is 1. The Hall–Kier alpha value is -2.37. The molecule has 1 aliphatic heterocycles. The zero-order valence-corrected chi connectivity index (χ0v) is 10.9. The first-order chi connectivity index (χ1) is 9.60. The Morgan fingerprint density at radius 1 is 1.60 bits per heavy atom. The molecule has 1 aromatic carbocycles. The largest absolute Gasteiger partial charge is 0.477 e. The number of hydrogen-bond acceptors (Lipinski definition) is 3. The highest BCUT2D eigenvalue weighted by molar-refractivity contribution is 5.95. The summed E-state index contributed by atoms with van der Waals surface area (Å²) in [5, 5.41) is 16.7. The molecule has 1 atom stereocenters. The third kappa shape index (κ3) is 1.93. The van der Waals surface area contributed by atoms with Crippen molar-refractivity contribution in [1.29, 1.82) is 0 Å². The molecule has 0 bridgehead atoms. The number of aromatic carboxylic acids is 1. The fraction of sp³-hybridized carbons (Fsp3) is 0.286. The van der Waals surface area contributed by atoms with Crippen LogP contribution in [0.2, 0.25) is 0 Å². The van der Waals surface area contributed by atoms with Gasteiger partial charge in [0.15, 0.2) is 0 Å². The SMILES string of the molecule is CCc1nn2c(c1C(=O)O)N[C@H](c1cccc(F)c1)C2. The molecule has 0 radical (unpaired) electrons. The molecule has 20 heavy (non-hydrogen) atoms. The van der Waals surface area contributed by atoms with Crippen LogP contribution >= 0.6 is 0 Å². The monoisotopic (exact) mass is 275 g/mol. The van der Waals surface area contributed by atoms with E-state index in [1.54, 1.807) is 10.7 Å². The number of halogens is 1. The second-order valence-electron chi connectivity index (χ2n) is 4.76. The van der Waals surface area contributed by atoms with Crippen LogP contribution in [0, 0.1) is 5.82 Å². The fourth-order valence-electron chi connectivity index (χ4n) is 2.56. The number of fused-ring (bicyclic) bond motifs is 1. The molecule has 0 fully saturated rings. The smallest absolute Gasteiger partial charge is 0.341 e. The summed E-state index contributed by atoms with van der Waals surface area (Å²) in [6.45, 7) is 2.37. The van der Waals surface area contributed by atoms with Crippen LogP contribution < -0.4 is 5.32 Å². The van der Waals surface area contributed by atoms with Gasteiger partial charge in [-0.3, -0.25) is 0 Å². The molecule has 2 N–H and O–H groups in total. The first-order valence-electron chi connectivity index (χ1n) is 6.45. The summed E-state index contributed by atoms with van der Waals surface area (Å²) >= 11 is 0. The average molecular weight is 275 g/mol. The Balaban J connectivity index is 1.95. The van der Waals surface area contributed by atoms with E-state index in [2.05, 4.69) is 10.4 Å². The Kier molecular flexibility index (Phi) is 2.93. The lowest BCUT2D eigenvalue weighted by Crippen LogP contribution is -2.10. The third-order valence-electron chi connectivity index (χ3n) is 3.49. The van der Waals surface area contributed by atoms with Gasteiger partial charge < -0.3 is 10.4 Å². The molecule has 2 aromatic rings. The molecule has 0 spiro atoms. The second kappa shape index (κ2) is 4.63. The maximum absolute atomic E-state index is 13.3. The number of carboxylic acids is 1. The number of hydrogen-bond donors (Lipinski definition) is 2. The van der Waals surface area contributed by atoms with Crippen LogP contribution in [0.4, 0.5) is 10.2 Å². The van der Waals surface area contributed by atoms with Crippen molar-refractivity contribution in [2.75, 3.05) is 5.32 Å².